The number of nitrogens with zero attached hydrogens (tertiary/aromatic N) is 4. The predicted molar refractivity (Wildman–Crippen MR) is 213 cm³/mol. The first-order chi connectivity index (χ1) is 26.3. The van der Waals surface area contributed by atoms with Gasteiger partial charge in [-0.2, -0.15) is 12.1 Å². The molecule has 0 saturated heterocycles. The van der Waals surface area contributed by atoms with E-state index in [1.165, 1.54) is 5.56 Å². The Morgan fingerprint density at radius 2 is 1.38 bits per heavy atom. The Morgan fingerprint density at radius 1 is 0.673 bits per heavy atom. The number of fused-ring (bicyclic) bond motifs is 11. The zero-order valence-corrected chi connectivity index (χ0v) is 32.6. The van der Waals surface area contributed by atoms with Gasteiger partial charge in [0.2, 0.25) is 6.33 Å². The van der Waals surface area contributed by atoms with E-state index < -0.39 is 0 Å². The second kappa shape index (κ2) is 12.2. The van der Waals surface area contributed by atoms with Gasteiger partial charge < -0.3 is 27.3 Å². The Labute approximate surface area is 330 Å². The minimum Gasteiger partial charge on any atom is -0.509 e. The molecule has 0 unspecified atom stereocenters. The van der Waals surface area contributed by atoms with E-state index in [0.717, 1.165) is 71.5 Å². The molecule has 0 aliphatic heterocycles. The van der Waals surface area contributed by atoms with E-state index in [2.05, 4.69) is 123 Å². The number of benzene rings is 6. The van der Waals surface area contributed by atoms with E-state index in [9.17, 15) is 0 Å². The molecule has 55 heavy (non-hydrogen) atoms. The minimum atomic E-state index is -0.0410. The first-order valence-electron chi connectivity index (χ1n) is 18.0. The maximum Gasteiger partial charge on any atom is 0.242 e. The van der Waals surface area contributed by atoms with Gasteiger partial charge in [0, 0.05) is 60.4 Å². The molecule has 0 spiro atoms. The molecule has 6 aromatic carbocycles. The van der Waals surface area contributed by atoms with Crippen LogP contribution >= 0.6 is 0 Å². The fourth-order valence-corrected chi connectivity index (χ4v) is 7.87. The monoisotopic (exact) mass is 895 g/mol. The Bertz CT molecular complexity index is 3320. The van der Waals surface area contributed by atoms with Gasteiger partial charge in [0.05, 0.1) is 23.7 Å². The SMILES string of the molecule is C[n+]1[c-]n(-c2[c-]c(Oc3[c-]c4c(cc3)c3ccccc3n4-c3cc(C(C)(C)C)ccn3)c3oc4c(ccc5c6ccccc6oc54)c3c2)c2ccccc21.[Pt]. The maximum absolute atomic E-state index is 6.84. The van der Waals surface area contributed by atoms with Gasteiger partial charge in [0.15, 0.2) is 11.2 Å². The van der Waals surface area contributed by atoms with E-state index in [0.29, 0.717) is 28.2 Å². The minimum absolute atomic E-state index is 0. The van der Waals surface area contributed by atoms with Gasteiger partial charge in [-0.1, -0.05) is 104 Å². The van der Waals surface area contributed by atoms with Crippen molar-refractivity contribution in [3.8, 4) is 23.0 Å². The van der Waals surface area contributed by atoms with E-state index in [4.69, 9.17) is 18.6 Å². The quantitative estimate of drug-likeness (QED) is 0.130. The number of para-hydroxylation sites is 4. The maximum atomic E-state index is 6.84. The fourth-order valence-electron chi connectivity index (χ4n) is 7.87. The average molecular weight is 896 g/mol. The zero-order chi connectivity index (χ0) is 36.3. The van der Waals surface area contributed by atoms with Gasteiger partial charge >= 0.3 is 0 Å². The molecular formula is C47H32N4O3Pt-2. The summed E-state index contributed by atoms with van der Waals surface area (Å²) < 4.78 is 26.2. The molecule has 0 aliphatic carbocycles. The van der Waals surface area contributed by atoms with Crippen LogP contribution in [-0.4, -0.2) is 14.1 Å². The van der Waals surface area contributed by atoms with Crippen molar-refractivity contribution in [2.45, 2.75) is 26.2 Å². The summed E-state index contributed by atoms with van der Waals surface area (Å²) in [5, 5.41) is 6.01. The normalized spacial score (nSPS) is 12.2. The number of rotatable bonds is 4. The number of aromatic nitrogens is 4. The number of furan rings is 2. The third-order valence-corrected chi connectivity index (χ3v) is 10.6. The van der Waals surface area contributed by atoms with E-state index >= 15 is 0 Å². The average Bonchev–Trinajstić information content (AvgIpc) is 3.93. The van der Waals surface area contributed by atoms with Gasteiger partial charge in [0.1, 0.15) is 11.4 Å². The van der Waals surface area contributed by atoms with Crippen molar-refractivity contribution in [3.05, 3.63) is 145 Å². The molecular weight excluding hydrogens is 864 g/mol. The van der Waals surface area contributed by atoms with Crippen molar-refractivity contribution >= 4 is 76.7 Å². The second-order valence-corrected chi connectivity index (χ2v) is 14.9. The van der Waals surface area contributed by atoms with Crippen LogP contribution in [0.3, 0.4) is 0 Å². The topological polar surface area (TPSA) is 62.1 Å². The third-order valence-electron chi connectivity index (χ3n) is 10.6. The third kappa shape index (κ3) is 5.06. The summed E-state index contributed by atoms with van der Waals surface area (Å²) in [7, 11) is 2.00. The van der Waals surface area contributed by atoms with Crippen LogP contribution in [0, 0.1) is 18.5 Å². The summed E-state index contributed by atoms with van der Waals surface area (Å²) in [5.41, 5.74) is 8.61. The number of hydrogen-bond acceptors (Lipinski definition) is 4. The Balaban J connectivity index is 0.00000372. The number of ether oxygens (including phenoxy) is 1. The van der Waals surface area contributed by atoms with Crippen LogP contribution in [0.15, 0.2) is 130 Å². The molecule has 11 rings (SSSR count). The second-order valence-electron chi connectivity index (χ2n) is 14.9. The number of imidazole rings is 1. The summed E-state index contributed by atoms with van der Waals surface area (Å²) in [5.74, 6) is 1.78. The number of hydrogen-bond donors (Lipinski definition) is 0. The molecule has 0 bridgehead atoms. The molecule has 0 aliphatic rings. The standard InChI is InChI=1S/C47H32N4O3.Pt/c1-47(2,3)28-21-22-48-43(23-28)51-37-13-7-5-11-31(37)32-18-17-30(26-40(32)51)52-42-25-29(50-27-49(4)38-14-8-9-15-39(38)50)24-36-35-20-19-34-33-12-6-10-16-41(33)53-45(34)46(35)54-44(36)42;/h5-24H,1-4H3;/q-2;. The molecule has 5 aromatic heterocycles. The van der Waals surface area contributed by atoms with Gasteiger partial charge in [-0.15, -0.1) is 23.6 Å². The van der Waals surface area contributed by atoms with E-state index in [1.54, 1.807) is 0 Å². The van der Waals surface area contributed by atoms with Gasteiger partial charge in [0.25, 0.3) is 0 Å². The fraction of sp³-hybridized carbons (Fsp3) is 0.106. The van der Waals surface area contributed by atoms with Gasteiger partial charge in [-0.3, -0.25) is 0 Å². The summed E-state index contributed by atoms with van der Waals surface area (Å²) in [4.78, 5) is 4.85. The van der Waals surface area contributed by atoms with Crippen LogP contribution in [0.25, 0.3) is 88.2 Å². The van der Waals surface area contributed by atoms with Crippen molar-refractivity contribution in [3.63, 3.8) is 0 Å². The van der Waals surface area contributed by atoms with Crippen LogP contribution < -0.4 is 9.30 Å². The van der Waals surface area contributed by atoms with Crippen molar-refractivity contribution in [1.29, 1.82) is 0 Å². The van der Waals surface area contributed by atoms with Crippen molar-refractivity contribution in [1.82, 2.24) is 14.1 Å². The van der Waals surface area contributed by atoms with Crippen LogP contribution in [-0.2, 0) is 33.5 Å². The summed E-state index contributed by atoms with van der Waals surface area (Å²) in [6.45, 7) is 6.65. The Morgan fingerprint density at radius 3 is 2.22 bits per heavy atom. The Kier molecular flexibility index (Phi) is 7.39. The predicted octanol–water partition coefficient (Wildman–Crippen LogP) is 11.2. The van der Waals surface area contributed by atoms with Crippen LogP contribution in [0.1, 0.15) is 26.3 Å². The number of aryl methyl sites for hydroxylation is 1. The molecule has 0 fully saturated rings. The molecule has 5 heterocycles. The molecule has 270 valence electrons. The summed E-state index contributed by atoms with van der Waals surface area (Å²) in [6.07, 6.45) is 5.36. The molecule has 0 N–H and O–H groups in total. The van der Waals surface area contributed by atoms with Gasteiger partial charge in [-0.05, 0) is 46.7 Å². The van der Waals surface area contributed by atoms with Crippen LogP contribution in [0.4, 0.5) is 0 Å². The molecule has 0 atom stereocenters. The molecule has 7 nitrogen and oxygen atoms in total. The molecule has 0 saturated carbocycles. The molecule has 8 heteroatoms. The van der Waals surface area contributed by atoms with Crippen molar-refractivity contribution < 1.29 is 39.2 Å². The number of pyridine rings is 1. The van der Waals surface area contributed by atoms with Crippen molar-refractivity contribution in [2.24, 2.45) is 7.05 Å². The summed E-state index contributed by atoms with van der Waals surface area (Å²) >= 11 is 0. The Hall–Kier alpha value is -6.17. The smallest absolute Gasteiger partial charge is 0.242 e. The molecule has 0 amide bonds. The molecule has 11 aromatic rings. The molecule has 0 radical (unpaired) electrons. The van der Waals surface area contributed by atoms with Crippen LogP contribution in [0.5, 0.6) is 11.5 Å². The first kappa shape index (κ1) is 33.4. The van der Waals surface area contributed by atoms with Gasteiger partial charge in [-0.25, -0.2) is 4.98 Å². The zero-order valence-electron chi connectivity index (χ0n) is 30.4. The van der Waals surface area contributed by atoms with E-state index in [1.807, 2.05) is 58.8 Å². The van der Waals surface area contributed by atoms with E-state index in [-0.39, 0.29) is 26.5 Å². The first-order valence-corrected chi connectivity index (χ1v) is 18.0. The summed E-state index contributed by atoms with van der Waals surface area (Å²) in [6, 6.07) is 46.5. The largest absolute Gasteiger partial charge is 0.509 e. The van der Waals surface area contributed by atoms with Crippen molar-refractivity contribution in [2.75, 3.05) is 0 Å². The van der Waals surface area contributed by atoms with Crippen LogP contribution in [0.2, 0.25) is 0 Å².